The Balaban J connectivity index is 4.95. The van der Waals surface area contributed by atoms with Crippen molar-refractivity contribution in [1.29, 1.82) is 0 Å². The van der Waals surface area contributed by atoms with Crippen molar-refractivity contribution in [2.24, 2.45) is 22.9 Å². The minimum Gasteiger partial charge on any atom is -0.480 e. The molecule has 31 heavy (non-hydrogen) atoms. The Morgan fingerprint density at radius 1 is 0.839 bits per heavy atom. The van der Waals surface area contributed by atoms with E-state index in [0.717, 1.165) is 0 Å². The van der Waals surface area contributed by atoms with Gasteiger partial charge in [-0.3, -0.25) is 24.0 Å². The molecule has 0 saturated heterocycles. The standard InChI is InChI=1S/C17H31N7O7/c18-6-2-1-3-11(17(30)31)24-16(29)10(4-5-12(20)25)23-14(27)8-22-15(28)9(19)7-13(21)26/h9-11H,1-8,18-19H2,(H2,20,25)(H2,21,26)(H,22,28)(H,23,27)(H,24,29)(H,30,31). The molecule has 0 aliphatic heterocycles. The Bertz CT molecular complexity index is 671. The SMILES string of the molecule is NCCCCC(NC(=O)C(CCC(N)=O)NC(=O)CNC(=O)C(N)CC(N)=O)C(=O)O. The van der Waals surface area contributed by atoms with Gasteiger partial charge in [0, 0.05) is 6.42 Å². The number of carbonyl (C=O) groups excluding carboxylic acids is 5. The maximum atomic E-state index is 12.5. The summed E-state index contributed by atoms with van der Waals surface area (Å²) in [5.41, 5.74) is 20.8. The third kappa shape index (κ3) is 12.8. The number of carboxylic acid groups (broad SMARTS) is 1. The summed E-state index contributed by atoms with van der Waals surface area (Å²) >= 11 is 0. The monoisotopic (exact) mass is 445 g/mol. The molecule has 14 heteroatoms. The van der Waals surface area contributed by atoms with Crippen LogP contribution in [0, 0.1) is 0 Å². The Morgan fingerprint density at radius 3 is 2.00 bits per heavy atom. The van der Waals surface area contributed by atoms with Crippen LogP contribution in [-0.2, 0) is 28.8 Å². The van der Waals surface area contributed by atoms with Gasteiger partial charge < -0.3 is 44.0 Å². The smallest absolute Gasteiger partial charge is 0.326 e. The molecule has 0 heterocycles. The number of hydrogen-bond donors (Lipinski definition) is 8. The van der Waals surface area contributed by atoms with E-state index in [0.29, 0.717) is 19.4 Å². The summed E-state index contributed by atoms with van der Waals surface area (Å²) in [4.78, 5) is 69.5. The van der Waals surface area contributed by atoms with E-state index in [9.17, 15) is 33.9 Å². The summed E-state index contributed by atoms with van der Waals surface area (Å²) in [6, 6.07) is -3.73. The highest BCUT2D eigenvalue weighted by atomic mass is 16.4. The molecule has 0 aromatic rings. The van der Waals surface area contributed by atoms with Crippen LogP contribution in [0.1, 0.15) is 38.5 Å². The number of carbonyl (C=O) groups is 6. The zero-order valence-corrected chi connectivity index (χ0v) is 17.1. The number of nitrogens with two attached hydrogens (primary N) is 4. The highest BCUT2D eigenvalue weighted by Crippen LogP contribution is 2.04. The Hall–Kier alpha value is -3.26. The van der Waals surface area contributed by atoms with Crippen molar-refractivity contribution in [3.8, 4) is 0 Å². The number of nitrogens with one attached hydrogen (secondary N) is 3. The highest BCUT2D eigenvalue weighted by Gasteiger charge is 2.27. The van der Waals surface area contributed by atoms with E-state index in [2.05, 4.69) is 16.0 Å². The first-order chi connectivity index (χ1) is 14.5. The molecule has 176 valence electrons. The van der Waals surface area contributed by atoms with E-state index in [4.69, 9.17) is 22.9 Å². The van der Waals surface area contributed by atoms with Gasteiger partial charge in [-0.05, 0) is 32.2 Å². The minimum atomic E-state index is -1.27. The van der Waals surface area contributed by atoms with Crippen LogP contribution in [0.4, 0.5) is 0 Å². The van der Waals surface area contributed by atoms with Crippen LogP contribution in [0.2, 0.25) is 0 Å². The van der Waals surface area contributed by atoms with Crippen molar-refractivity contribution < 1.29 is 33.9 Å². The van der Waals surface area contributed by atoms with Crippen LogP contribution in [0.5, 0.6) is 0 Å². The van der Waals surface area contributed by atoms with Crippen LogP contribution in [0.3, 0.4) is 0 Å². The van der Waals surface area contributed by atoms with Gasteiger partial charge in [0.05, 0.1) is 19.0 Å². The third-order valence-electron chi connectivity index (χ3n) is 4.07. The van der Waals surface area contributed by atoms with Crippen molar-refractivity contribution in [1.82, 2.24) is 16.0 Å². The van der Waals surface area contributed by atoms with Crippen LogP contribution in [0.25, 0.3) is 0 Å². The Morgan fingerprint density at radius 2 is 1.48 bits per heavy atom. The molecular formula is C17H31N7O7. The molecule has 12 N–H and O–H groups in total. The van der Waals surface area contributed by atoms with E-state index < -0.39 is 66.6 Å². The fourth-order valence-electron chi connectivity index (χ4n) is 2.43. The summed E-state index contributed by atoms with van der Waals surface area (Å²) in [5.74, 6) is -5.23. The second-order valence-electron chi connectivity index (χ2n) is 6.80. The lowest BCUT2D eigenvalue weighted by Crippen LogP contribution is -2.54. The van der Waals surface area contributed by atoms with Crippen molar-refractivity contribution in [3.63, 3.8) is 0 Å². The van der Waals surface area contributed by atoms with Gasteiger partial charge in [0.15, 0.2) is 0 Å². The molecule has 0 spiro atoms. The van der Waals surface area contributed by atoms with Crippen molar-refractivity contribution >= 4 is 35.5 Å². The predicted octanol–water partition coefficient (Wildman–Crippen LogP) is -4.25. The van der Waals surface area contributed by atoms with E-state index in [1.54, 1.807) is 0 Å². The van der Waals surface area contributed by atoms with Gasteiger partial charge >= 0.3 is 5.97 Å². The van der Waals surface area contributed by atoms with Crippen LogP contribution in [-0.4, -0.2) is 71.8 Å². The fourth-order valence-corrected chi connectivity index (χ4v) is 2.43. The number of aliphatic carboxylic acids is 1. The Labute approximate surface area is 178 Å². The molecule has 0 aliphatic carbocycles. The largest absolute Gasteiger partial charge is 0.480 e. The molecule has 0 aromatic carbocycles. The third-order valence-corrected chi connectivity index (χ3v) is 4.07. The lowest BCUT2D eigenvalue weighted by Gasteiger charge is -2.21. The molecule has 3 unspecified atom stereocenters. The van der Waals surface area contributed by atoms with Crippen LogP contribution < -0.4 is 38.9 Å². The van der Waals surface area contributed by atoms with Gasteiger partial charge in [-0.15, -0.1) is 0 Å². The lowest BCUT2D eigenvalue weighted by atomic mass is 10.1. The summed E-state index contributed by atoms with van der Waals surface area (Å²) in [5, 5.41) is 16.0. The van der Waals surface area contributed by atoms with Crippen molar-refractivity contribution in [2.75, 3.05) is 13.1 Å². The molecule has 0 saturated carbocycles. The molecule has 0 radical (unpaired) electrons. The van der Waals surface area contributed by atoms with Gasteiger partial charge in [0.1, 0.15) is 12.1 Å². The minimum absolute atomic E-state index is 0.128. The zero-order valence-electron chi connectivity index (χ0n) is 17.1. The van der Waals surface area contributed by atoms with E-state index in [-0.39, 0.29) is 19.3 Å². The van der Waals surface area contributed by atoms with Gasteiger partial charge in [-0.25, -0.2) is 4.79 Å². The molecule has 0 aromatic heterocycles. The van der Waals surface area contributed by atoms with Crippen molar-refractivity contribution in [3.05, 3.63) is 0 Å². The van der Waals surface area contributed by atoms with Crippen LogP contribution >= 0.6 is 0 Å². The van der Waals surface area contributed by atoms with Gasteiger partial charge in [0.2, 0.25) is 29.5 Å². The quantitative estimate of drug-likeness (QED) is 0.107. The molecular weight excluding hydrogens is 414 g/mol. The number of rotatable bonds is 16. The average Bonchev–Trinajstić information content (AvgIpc) is 2.67. The first-order valence-electron chi connectivity index (χ1n) is 9.60. The summed E-state index contributed by atoms with van der Waals surface area (Å²) < 4.78 is 0. The van der Waals surface area contributed by atoms with E-state index >= 15 is 0 Å². The van der Waals surface area contributed by atoms with E-state index in [1.807, 2.05) is 0 Å². The number of carboxylic acids is 1. The molecule has 3 atom stereocenters. The fraction of sp³-hybridized carbons (Fsp3) is 0.647. The second-order valence-corrected chi connectivity index (χ2v) is 6.80. The summed E-state index contributed by atoms with van der Waals surface area (Å²) in [6.45, 7) is -0.211. The predicted molar refractivity (Wildman–Crippen MR) is 108 cm³/mol. The highest BCUT2D eigenvalue weighted by molar-refractivity contribution is 5.93. The molecule has 0 aliphatic rings. The maximum absolute atomic E-state index is 12.5. The van der Waals surface area contributed by atoms with Gasteiger partial charge in [0.25, 0.3) is 0 Å². The molecule has 0 fully saturated rings. The maximum Gasteiger partial charge on any atom is 0.326 e. The van der Waals surface area contributed by atoms with Crippen LogP contribution in [0.15, 0.2) is 0 Å². The van der Waals surface area contributed by atoms with E-state index in [1.165, 1.54) is 0 Å². The lowest BCUT2D eigenvalue weighted by molar-refractivity contribution is -0.142. The molecule has 14 nitrogen and oxygen atoms in total. The van der Waals surface area contributed by atoms with Gasteiger partial charge in [-0.2, -0.15) is 0 Å². The summed E-state index contributed by atoms with van der Waals surface area (Å²) in [7, 11) is 0. The summed E-state index contributed by atoms with van der Waals surface area (Å²) in [6.07, 6.45) is 0.305. The van der Waals surface area contributed by atoms with Gasteiger partial charge in [-0.1, -0.05) is 0 Å². The molecule has 0 rings (SSSR count). The molecule has 0 bridgehead atoms. The number of unbranched alkanes of at least 4 members (excludes halogenated alkanes) is 1. The topological polar surface area (TPSA) is 263 Å². The van der Waals surface area contributed by atoms with Crippen molar-refractivity contribution in [2.45, 2.75) is 56.7 Å². The first kappa shape index (κ1) is 27.7. The number of primary amides is 2. The second kappa shape index (κ2) is 14.7. The average molecular weight is 445 g/mol. The zero-order chi connectivity index (χ0) is 24.0. The number of amides is 5. The molecule has 5 amide bonds. The Kier molecular flexibility index (Phi) is 13.1. The first-order valence-corrected chi connectivity index (χ1v) is 9.60. The normalized spacial score (nSPS) is 13.4. The number of hydrogen-bond acceptors (Lipinski definition) is 8.